The number of aromatic nitrogens is 1. The summed E-state index contributed by atoms with van der Waals surface area (Å²) in [5, 5.41) is 7.64. The summed E-state index contributed by atoms with van der Waals surface area (Å²) in [6, 6.07) is 61.7. The molecule has 0 radical (unpaired) electrons. The topological polar surface area (TPSA) is 15.8 Å². The van der Waals surface area contributed by atoms with E-state index in [4.69, 9.17) is 0 Å². The largest absolute Gasteiger partial charge is 0.355 e. The number of fused-ring (bicyclic) bond motifs is 5. The van der Waals surface area contributed by atoms with Crippen LogP contribution in [0, 0.1) is 0 Å². The van der Waals surface area contributed by atoms with Crippen molar-refractivity contribution in [2.75, 3.05) is 0 Å². The van der Waals surface area contributed by atoms with Crippen molar-refractivity contribution in [2.45, 2.75) is 0 Å². The third-order valence-electron chi connectivity index (χ3n) is 9.23. The Hall–Kier alpha value is -5.92. The fourth-order valence-electron chi connectivity index (χ4n) is 7.07. The minimum atomic E-state index is 1.17. The van der Waals surface area contributed by atoms with Gasteiger partial charge in [-0.3, -0.25) is 0 Å². The molecule has 1 aromatic heterocycles. The minimum Gasteiger partial charge on any atom is -0.355 e. The summed E-state index contributed by atoms with van der Waals surface area (Å²) in [4.78, 5) is 3.53. The highest BCUT2D eigenvalue weighted by Crippen LogP contribution is 2.43. The van der Waals surface area contributed by atoms with Crippen LogP contribution in [0.3, 0.4) is 0 Å². The predicted molar refractivity (Wildman–Crippen MR) is 193 cm³/mol. The molecule has 0 saturated heterocycles. The zero-order valence-corrected chi connectivity index (χ0v) is 24.7. The van der Waals surface area contributed by atoms with Gasteiger partial charge in [-0.25, -0.2) is 0 Å². The Kier molecular flexibility index (Phi) is 5.89. The van der Waals surface area contributed by atoms with E-state index >= 15 is 0 Å². The van der Waals surface area contributed by atoms with Crippen molar-refractivity contribution in [3.8, 4) is 44.5 Å². The first-order valence-corrected chi connectivity index (χ1v) is 15.5. The molecule has 9 rings (SSSR count). The van der Waals surface area contributed by atoms with Crippen molar-refractivity contribution in [3.63, 3.8) is 0 Å². The SMILES string of the molecule is c1ccc(-c2c3ccccc3c(-c3ccc(-c4ccc(-c5ccc6[nH]c7ccccc7c6c5)cc4)cc3)c3ccccc23)cc1. The van der Waals surface area contributed by atoms with Crippen molar-refractivity contribution in [1.29, 1.82) is 0 Å². The minimum absolute atomic E-state index is 1.17. The highest BCUT2D eigenvalue weighted by Gasteiger charge is 2.16. The summed E-state index contributed by atoms with van der Waals surface area (Å²) < 4.78 is 0. The lowest BCUT2D eigenvalue weighted by molar-refractivity contribution is 1.54. The van der Waals surface area contributed by atoms with Crippen molar-refractivity contribution >= 4 is 43.4 Å². The Morgan fingerprint density at radius 1 is 0.244 bits per heavy atom. The maximum absolute atomic E-state index is 3.53. The monoisotopic (exact) mass is 571 g/mol. The number of H-pyrrole nitrogens is 1. The first kappa shape index (κ1) is 25.6. The summed E-state index contributed by atoms with van der Waals surface area (Å²) in [5.74, 6) is 0. The molecule has 1 heterocycles. The van der Waals surface area contributed by atoms with E-state index < -0.39 is 0 Å². The molecule has 0 aliphatic rings. The second kappa shape index (κ2) is 10.4. The summed E-state index contributed by atoms with van der Waals surface area (Å²) in [6.45, 7) is 0. The lowest BCUT2D eigenvalue weighted by atomic mass is 9.86. The zero-order valence-electron chi connectivity index (χ0n) is 24.7. The molecule has 0 fully saturated rings. The lowest BCUT2D eigenvalue weighted by Crippen LogP contribution is -1.90. The Morgan fingerprint density at radius 2 is 0.622 bits per heavy atom. The van der Waals surface area contributed by atoms with E-state index in [1.165, 1.54) is 87.9 Å². The molecular formula is C44H29N. The lowest BCUT2D eigenvalue weighted by Gasteiger charge is -2.18. The molecule has 1 N–H and O–H groups in total. The molecule has 45 heavy (non-hydrogen) atoms. The Balaban J connectivity index is 1.10. The van der Waals surface area contributed by atoms with Crippen LogP contribution >= 0.6 is 0 Å². The Morgan fingerprint density at radius 3 is 1.18 bits per heavy atom. The normalized spacial score (nSPS) is 11.6. The number of aromatic amines is 1. The third-order valence-corrected chi connectivity index (χ3v) is 9.23. The second-order valence-electron chi connectivity index (χ2n) is 11.8. The predicted octanol–water partition coefficient (Wildman–Crippen LogP) is 12.3. The average Bonchev–Trinajstić information content (AvgIpc) is 3.49. The van der Waals surface area contributed by atoms with Crippen LogP contribution in [-0.4, -0.2) is 4.98 Å². The standard InChI is InChI=1S/C44H29N/c1-2-10-32(11-3-1)43-36-13-4-6-15-38(36)44(39-16-7-5-14-37(39)43)33-24-22-30(23-25-33)29-18-20-31(21-19-29)34-26-27-42-40(28-34)35-12-8-9-17-41(35)45-42/h1-28,45H. The number of rotatable bonds is 4. The van der Waals surface area contributed by atoms with Gasteiger partial charge in [0.15, 0.2) is 0 Å². The van der Waals surface area contributed by atoms with Crippen LogP contribution in [0.15, 0.2) is 170 Å². The zero-order chi connectivity index (χ0) is 29.7. The van der Waals surface area contributed by atoms with Gasteiger partial charge in [0.05, 0.1) is 0 Å². The van der Waals surface area contributed by atoms with Gasteiger partial charge in [0.1, 0.15) is 0 Å². The fraction of sp³-hybridized carbons (Fsp3) is 0. The van der Waals surface area contributed by atoms with E-state index in [-0.39, 0.29) is 0 Å². The van der Waals surface area contributed by atoms with Crippen LogP contribution in [0.25, 0.3) is 87.9 Å². The van der Waals surface area contributed by atoms with Gasteiger partial charge in [-0.05, 0) is 84.3 Å². The van der Waals surface area contributed by atoms with Gasteiger partial charge in [-0.1, -0.05) is 152 Å². The maximum Gasteiger partial charge on any atom is 0.0465 e. The van der Waals surface area contributed by atoms with Crippen LogP contribution in [0.1, 0.15) is 0 Å². The van der Waals surface area contributed by atoms with Gasteiger partial charge >= 0.3 is 0 Å². The molecule has 0 bridgehead atoms. The first-order chi connectivity index (χ1) is 22.3. The Labute approximate surface area is 262 Å². The number of hydrogen-bond donors (Lipinski definition) is 1. The van der Waals surface area contributed by atoms with E-state index in [0.717, 1.165) is 0 Å². The molecule has 9 aromatic rings. The van der Waals surface area contributed by atoms with Crippen LogP contribution in [0.5, 0.6) is 0 Å². The van der Waals surface area contributed by atoms with Crippen molar-refractivity contribution in [2.24, 2.45) is 0 Å². The molecule has 8 aromatic carbocycles. The first-order valence-electron chi connectivity index (χ1n) is 15.5. The average molecular weight is 572 g/mol. The molecule has 210 valence electrons. The highest BCUT2D eigenvalue weighted by molar-refractivity contribution is 6.21. The summed E-state index contributed by atoms with van der Waals surface area (Å²) in [6.07, 6.45) is 0. The second-order valence-corrected chi connectivity index (χ2v) is 11.8. The quantitative estimate of drug-likeness (QED) is 0.202. The molecule has 0 saturated carbocycles. The third kappa shape index (κ3) is 4.24. The molecule has 0 unspecified atom stereocenters. The molecule has 0 spiro atoms. The van der Waals surface area contributed by atoms with Gasteiger partial charge in [0.2, 0.25) is 0 Å². The highest BCUT2D eigenvalue weighted by atomic mass is 14.7. The summed E-state index contributed by atoms with van der Waals surface area (Å²) in [5.41, 5.74) is 12.3. The van der Waals surface area contributed by atoms with E-state index in [1.807, 2.05) is 0 Å². The molecule has 0 aliphatic carbocycles. The van der Waals surface area contributed by atoms with Crippen molar-refractivity contribution in [1.82, 2.24) is 4.98 Å². The van der Waals surface area contributed by atoms with Crippen molar-refractivity contribution in [3.05, 3.63) is 170 Å². The van der Waals surface area contributed by atoms with E-state index in [2.05, 4.69) is 175 Å². The number of benzene rings is 8. The molecule has 0 atom stereocenters. The van der Waals surface area contributed by atoms with Gasteiger partial charge in [0, 0.05) is 21.8 Å². The molecule has 0 amide bonds. The smallest absolute Gasteiger partial charge is 0.0465 e. The number of para-hydroxylation sites is 1. The maximum atomic E-state index is 3.53. The summed E-state index contributed by atoms with van der Waals surface area (Å²) >= 11 is 0. The molecule has 1 nitrogen and oxygen atoms in total. The van der Waals surface area contributed by atoms with Crippen LogP contribution in [0.2, 0.25) is 0 Å². The van der Waals surface area contributed by atoms with Crippen molar-refractivity contribution < 1.29 is 0 Å². The van der Waals surface area contributed by atoms with E-state index in [9.17, 15) is 0 Å². The molecular weight excluding hydrogens is 542 g/mol. The van der Waals surface area contributed by atoms with Crippen LogP contribution in [-0.2, 0) is 0 Å². The fourth-order valence-corrected chi connectivity index (χ4v) is 7.07. The molecule has 0 aliphatic heterocycles. The number of hydrogen-bond acceptors (Lipinski definition) is 0. The van der Waals surface area contributed by atoms with E-state index in [0.29, 0.717) is 0 Å². The van der Waals surface area contributed by atoms with Crippen LogP contribution in [0.4, 0.5) is 0 Å². The molecule has 1 heteroatoms. The number of nitrogens with one attached hydrogen (secondary N) is 1. The van der Waals surface area contributed by atoms with E-state index in [1.54, 1.807) is 0 Å². The summed E-state index contributed by atoms with van der Waals surface area (Å²) in [7, 11) is 0. The van der Waals surface area contributed by atoms with Gasteiger partial charge in [-0.2, -0.15) is 0 Å². The van der Waals surface area contributed by atoms with Gasteiger partial charge < -0.3 is 4.98 Å². The van der Waals surface area contributed by atoms with Gasteiger partial charge in [0.25, 0.3) is 0 Å². The van der Waals surface area contributed by atoms with Gasteiger partial charge in [-0.15, -0.1) is 0 Å². The Bertz CT molecular complexity index is 2440. The van der Waals surface area contributed by atoms with Crippen LogP contribution < -0.4 is 0 Å².